The summed E-state index contributed by atoms with van der Waals surface area (Å²) < 4.78 is 30.0. The largest absolute Gasteiger partial charge is 0.494 e. The van der Waals surface area contributed by atoms with Gasteiger partial charge >= 0.3 is 0 Å². The Morgan fingerprint density at radius 2 is 1.47 bits per heavy atom. The maximum atomic E-state index is 15.1. The van der Waals surface area contributed by atoms with Crippen molar-refractivity contribution in [1.82, 2.24) is 4.57 Å². The van der Waals surface area contributed by atoms with Gasteiger partial charge in [0, 0.05) is 56.7 Å². The molecule has 4 nitrogen and oxygen atoms in total. The van der Waals surface area contributed by atoms with E-state index in [2.05, 4.69) is 53.9 Å². The first-order chi connectivity index (χ1) is 16.5. The van der Waals surface area contributed by atoms with Crippen molar-refractivity contribution in [2.24, 2.45) is 0 Å². The lowest BCUT2D eigenvalue weighted by Crippen LogP contribution is -2.21. The second-order valence-electron chi connectivity index (χ2n) is 8.34. The van der Waals surface area contributed by atoms with Crippen molar-refractivity contribution in [1.29, 1.82) is 0 Å². The van der Waals surface area contributed by atoms with Crippen LogP contribution in [0.3, 0.4) is 0 Å². The average molecular weight is 592 g/mol. The van der Waals surface area contributed by atoms with E-state index in [4.69, 9.17) is 9.47 Å². The third-order valence-electron chi connectivity index (χ3n) is 5.81. The number of unbranched alkanes of at least 4 members (excludes halogenated alkanes) is 2. The van der Waals surface area contributed by atoms with E-state index in [1.807, 2.05) is 48.5 Å². The van der Waals surface area contributed by atoms with Crippen LogP contribution in [0.15, 0.2) is 69.6 Å². The van der Waals surface area contributed by atoms with E-state index in [1.54, 1.807) is 7.11 Å². The summed E-state index contributed by atoms with van der Waals surface area (Å²) in [6, 6.07) is 20.0. The van der Waals surface area contributed by atoms with Gasteiger partial charge in [-0.05, 0) is 79.9 Å². The predicted octanol–water partition coefficient (Wildman–Crippen LogP) is 7.97. The van der Waals surface area contributed by atoms with Crippen LogP contribution in [-0.2, 0) is 11.3 Å². The topological polar surface area (TPSA) is 35.4 Å². The number of methoxy groups -OCH3 is 1. The van der Waals surface area contributed by atoms with E-state index in [0.29, 0.717) is 6.61 Å². The summed E-state index contributed by atoms with van der Waals surface area (Å²) in [6.45, 7) is 1.99. The maximum Gasteiger partial charge on any atom is 0.135 e. The van der Waals surface area contributed by atoms with Gasteiger partial charge in [0.1, 0.15) is 11.9 Å². The molecule has 180 valence electrons. The van der Waals surface area contributed by atoms with Crippen LogP contribution in [0.5, 0.6) is 5.75 Å². The Morgan fingerprint density at radius 3 is 2.09 bits per heavy atom. The molecule has 0 spiro atoms. The normalized spacial score (nSPS) is 12.4. The summed E-state index contributed by atoms with van der Waals surface area (Å²) >= 11 is 7.12. The van der Waals surface area contributed by atoms with Gasteiger partial charge in [-0.1, -0.05) is 31.9 Å². The highest BCUT2D eigenvalue weighted by Crippen LogP contribution is 2.33. The lowest BCUT2D eigenvalue weighted by Gasteiger charge is -2.14. The molecular formula is C27H29Br2FN2O2. The molecule has 3 aromatic carbocycles. The Bertz CT molecular complexity index is 1170. The number of nitrogens with zero attached hydrogens (tertiary/aromatic N) is 1. The second kappa shape index (κ2) is 12.0. The molecule has 1 N–H and O–H groups in total. The van der Waals surface area contributed by atoms with Gasteiger partial charge in [0.2, 0.25) is 0 Å². The molecule has 0 saturated heterocycles. The highest BCUT2D eigenvalue weighted by atomic mass is 79.9. The lowest BCUT2D eigenvalue weighted by atomic mass is 10.2. The number of alkyl halides is 1. The summed E-state index contributed by atoms with van der Waals surface area (Å²) in [7, 11) is 1.72. The third-order valence-corrected chi connectivity index (χ3v) is 6.80. The number of nitrogens with one attached hydrogen (secondary N) is 1. The molecule has 1 heterocycles. The van der Waals surface area contributed by atoms with Gasteiger partial charge in [-0.2, -0.15) is 0 Å². The van der Waals surface area contributed by atoms with Gasteiger partial charge < -0.3 is 19.4 Å². The number of hydrogen-bond acceptors (Lipinski definition) is 3. The van der Waals surface area contributed by atoms with E-state index >= 15 is 4.39 Å². The van der Waals surface area contributed by atoms with Gasteiger partial charge in [0.25, 0.3) is 0 Å². The molecule has 0 amide bonds. The molecule has 1 unspecified atom stereocenters. The summed E-state index contributed by atoms with van der Waals surface area (Å²) in [6.07, 6.45) is 2.10. The van der Waals surface area contributed by atoms with E-state index < -0.39 is 6.17 Å². The third kappa shape index (κ3) is 6.32. The zero-order valence-corrected chi connectivity index (χ0v) is 22.4. The number of halogens is 3. The Labute approximate surface area is 216 Å². The van der Waals surface area contributed by atoms with Crippen molar-refractivity contribution in [3.63, 3.8) is 0 Å². The van der Waals surface area contributed by atoms with Crippen LogP contribution < -0.4 is 10.1 Å². The Hall–Kier alpha value is -2.09. The van der Waals surface area contributed by atoms with Gasteiger partial charge in [0.15, 0.2) is 0 Å². The molecule has 0 aliphatic rings. The zero-order chi connectivity index (χ0) is 23.9. The summed E-state index contributed by atoms with van der Waals surface area (Å²) in [5.41, 5.74) is 2.94. The number of benzene rings is 3. The Kier molecular flexibility index (Phi) is 8.86. The van der Waals surface area contributed by atoms with Crippen LogP contribution in [0.4, 0.5) is 10.1 Å². The quantitative estimate of drug-likeness (QED) is 0.170. The molecule has 34 heavy (non-hydrogen) atoms. The smallest absolute Gasteiger partial charge is 0.135 e. The maximum absolute atomic E-state index is 15.1. The summed E-state index contributed by atoms with van der Waals surface area (Å²) in [5, 5.41) is 5.44. The fourth-order valence-electron chi connectivity index (χ4n) is 4.12. The minimum atomic E-state index is -1.05. The van der Waals surface area contributed by atoms with Crippen molar-refractivity contribution in [2.45, 2.75) is 32.0 Å². The first-order valence-corrected chi connectivity index (χ1v) is 13.1. The van der Waals surface area contributed by atoms with Gasteiger partial charge in [0.05, 0.1) is 13.2 Å². The van der Waals surface area contributed by atoms with Crippen molar-refractivity contribution < 1.29 is 13.9 Å². The molecule has 0 radical (unpaired) electrons. The van der Waals surface area contributed by atoms with E-state index in [9.17, 15) is 0 Å². The molecule has 7 heteroatoms. The highest BCUT2D eigenvalue weighted by Gasteiger charge is 2.15. The fraction of sp³-hybridized carbons (Fsp3) is 0.333. The minimum Gasteiger partial charge on any atom is -0.494 e. The van der Waals surface area contributed by atoms with Crippen LogP contribution in [-0.4, -0.2) is 37.6 Å². The highest BCUT2D eigenvalue weighted by molar-refractivity contribution is 9.10. The van der Waals surface area contributed by atoms with Crippen molar-refractivity contribution in [2.75, 3.05) is 32.2 Å². The van der Waals surface area contributed by atoms with Crippen LogP contribution in [0.2, 0.25) is 0 Å². The van der Waals surface area contributed by atoms with Crippen molar-refractivity contribution in [3.05, 3.63) is 69.6 Å². The van der Waals surface area contributed by atoms with Crippen molar-refractivity contribution >= 4 is 59.4 Å². The van der Waals surface area contributed by atoms with Crippen LogP contribution in [0.25, 0.3) is 21.8 Å². The van der Waals surface area contributed by atoms with Crippen LogP contribution >= 0.6 is 31.9 Å². The zero-order valence-electron chi connectivity index (χ0n) is 19.2. The van der Waals surface area contributed by atoms with Crippen LogP contribution in [0, 0.1) is 0 Å². The molecule has 0 aliphatic heterocycles. The monoisotopic (exact) mass is 590 g/mol. The van der Waals surface area contributed by atoms with E-state index in [-0.39, 0.29) is 13.1 Å². The first-order valence-electron chi connectivity index (χ1n) is 11.5. The first kappa shape index (κ1) is 25.0. The molecule has 1 aromatic heterocycles. The number of aromatic nitrogens is 1. The average Bonchev–Trinajstić information content (AvgIpc) is 3.12. The van der Waals surface area contributed by atoms with Gasteiger partial charge in [-0.15, -0.1) is 0 Å². The standard InChI is InChI=1S/C27H29Br2FN2O2/c1-33-13-3-2-4-14-34-23-9-7-22(8-10-23)31-17-21(30)18-32-26-11-5-19(28)15-24(26)25-16-20(29)6-12-27(25)32/h5-12,15-16,21,31H,2-4,13-14,17-18H2,1H3. The molecule has 4 rings (SSSR count). The molecule has 0 aliphatic carbocycles. The summed E-state index contributed by atoms with van der Waals surface area (Å²) in [5.74, 6) is 0.830. The fourth-order valence-corrected chi connectivity index (χ4v) is 4.84. The molecule has 1 atom stereocenters. The van der Waals surface area contributed by atoms with Crippen molar-refractivity contribution in [3.8, 4) is 5.75 Å². The van der Waals surface area contributed by atoms with E-state index in [0.717, 1.165) is 68.1 Å². The second-order valence-corrected chi connectivity index (χ2v) is 10.2. The molecule has 4 aromatic rings. The molecule has 0 saturated carbocycles. The van der Waals surface area contributed by atoms with Crippen LogP contribution in [0.1, 0.15) is 19.3 Å². The number of anilines is 1. The van der Waals surface area contributed by atoms with Gasteiger partial charge in [-0.25, -0.2) is 4.39 Å². The molecule has 0 bridgehead atoms. The number of rotatable bonds is 12. The SMILES string of the molecule is COCCCCCOc1ccc(NCC(F)Cn2c3ccc(Br)cc3c3cc(Br)ccc32)cc1. The number of hydrogen-bond donors (Lipinski definition) is 1. The molecule has 0 fully saturated rings. The van der Waals surface area contributed by atoms with Gasteiger partial charge in [-0.3, -0.25) is 0 Å². The Morgan fingerprint density at radius 1 is 0.853 bits per heavy atom. The lowest BCUT2D eigenvalue weighted by molar-refractivity contribution is 0.189. The predicted molar refractivity (Wildman–Crippen MR) is 146 cm³/mol. The summed E-state index contributed by atoms with van der Waals surface area (Å²) in [4.78, 5) is 0. The Balaban J connectivity index is 1.35. The minimum absolute atomic E-state index is 0.230. The number of ether oxygens (including phenoxy) is 2. The van der Waals surface area contributed by atoms with E-state index in [1.165, 1.54) is 0 Å². The molecular weight excluding hydrogens is 563 g/mol. The number of fused-ring (bicyclic) bond motifs is 3.